The number of anilines is 2. The van der Waals surface area contributed by atoms with E-state index in [9.17, 15) is 13.2 Å². The molecule has 128 valence electrons. The third-order valence-corrected chi connectivity index (χ3v) is 5.74. The molecule has 1 aromatic carbocycles. The number of carbonyl (C=O) groups is 1. The summed E-state index contributed by atoms with van der Waals surface area (Å²) in [6.07, 6.45) is 3.85. The monoisotopic (exact) mass is 338 g/mol. The summed E-state index contributed by atoms with van der Waals surface area (Å²) in [5, 5.41) is 2.72. The van der Waals surface area contributed by atoms with Crippen LogP contribution in [0.4, 0.5) is 11.4 Å². The normalized spacial score (nSPS) is 13.9. The van der Waals surface area contributed by atoms with E-state index in [1.54, 1.807) is 6.92 Å². The van der Waals surface area contributed by atoms with Gasteiger partial charge in [-0.05, 0) is 37.0 Å². The van der Waals surface area contributed by atoms with Crippen molar-refractivity contribution in [3.8, 4) is 0 Å². The number of sulfone groups is 1. The molecule has 1 aliphatic heterocycles. The second kappa shape index (κ2) is 7.81. The Kier molecular flexibility index (Phi) is 6.04. The molecule has 1 N–H and O–H groups in total. The maximum absolute atomic E-state index is 12.0. The van der Waals surface area contributed by atoms with E-state index >= 15 is 0 Å². The van der Waals surface area contributed by atoms with Gasteiger partial charge < -0.3 is 10.2 Å². The van der Waals surface area contributed by atoms with E-state index in [1.165, 1.54) is 5.56 Å². The van der Waals surface area contributed by atoms with Crippen molar-refractivity contribution >= 4 is 27.1 Å². The van der Waals surface area contributed by atoms with Crippen LogP contribution in [0.25, 0.3) is 0 Å². The van der Waals surface area contributed by atoms with Gasteiger partial charge in [-0.1, -0.05) is 26.3 Å². The molecule has 0 saturated heterocycles. The third kappa shape index (κ3) is 4.96. The summed E-state index contributed by atoms with van der Waals surface area (Å²) in [4.78, 5) is 14.3. The van der Waals surface area contributed by atoms with Crippen LogP contribution >= 0.6 is 0 Å². The highest BCUT2D eigenvalue weighted by Gasteiger charge is 2.20. The van der Waals surface area contributed by atoms with Crippen molar-refractivity contribution in [3.05, 3.63) is 23.8 Å². The lowest BCUT2D eigenvalue weighted by atomic mass is 10.1. The van der Waals surface area contributed by atoms with E-state index in [-0.39, 0.29) is 5.75 Å². The van der Waals surface area contributed by atoms with E-state index in [1.807, 2.05) is 18.2 Å². The topological polar surface area (TPSA) is 66.5 Å². The quantitative estimate of drug-likeness (QED) is 0.791. The smallest absolute Gasteiger partial charge is 0.239 e. The van der Waals surface area contributed by atoms with Gasteiger partial charge in [-0.2, -0.15) is 0 Å². The van der Waals surface area contributed by atoms with E-state index in [2.05, 4.69) is 17.1 Å². The van der Waals surface area contributed by atoms with Crippen LogP contribution in [-0.4, -0.2) is 38.9 Å². The van der Waals surface area contributed by atoms with Crippen molar-refractivity contribution < 1.29 is 13.2 Å². The average molecular weight is 338 g/mol. The first-order chi connectivity index (χ1) is 10.9. The summed E-state index contributed by atoms with van der Waals surface area (Å²) in [5.41, 5.74) is 3.12. The number of fused-ring (bicyclic) bond motifs is 1. The lowest BCUT2D eigenvalue weighted by Crippen LogP contribution is -2.25. The molecule has 0 fully saturated rings. The lowest BCUT2D eigenvalue weighted by molar-refractivity contribution is -0.113. The first-order valence-electron chi connectivity index (χ1n) is 8.33. The number of unbranched alkanes of at least 4 members (excludes halogenated alkanes) is 1. The molecule has 6 heteroatoms. The molecule has 0 aromatic heterocycles. The van der Waals surface area contributed by atoms with E-state index in [0.717, 1.165) is 38.0 Å². The molecule has 23 heavy (non-hydrogen) atoms. The number of hydrogen-bond donors (Lipinski definition) is 1. The zero-order chi connectivity index (χ0) is 16.9. The van der Waals surface area contributed by atoms with E-state index in [4.69, 9.17) is 0 Å². The molecule has 0 atom stereocenters. The Labute approximate surface area is 139 Å². The average Bonchev–Trinajstić information content (AvgIpc) is 2.86. The molecule has 1 aliphatic rings. The zero-order valence-electron chi connectivity index (χ0n) is 14.0. The van der Waals surface area contributed by atoms with Crippen LogP contribution in [0.3, 0.4) is 0 Å². The summed E-state index contributed by atoms with van der Waals surface area (Å²) >= 11 is 0. The molecule has 2 rings (SSSR count). The molecule has 0 spiro atoms. The van der Waals surface area contributed by atoms with Crippen molar-refractivity contribution in [1.82, 2.24) is 0 Å². The SMILES string of the molecule is CCCCN1CCc2ccc(NC(=O)CS(=O)(=O)CCC)cc21. The van der Waals surface area contributed by atoms with Gasteiger partial charge in [0.2, 0.25) is 5.91 Å². The maximum Gasteiger partial charge on any atom is 0.239 e. The molecule has 1 amide bonds. The van der Waals surface area contributed by atoms with Gasteiger partial charge in [-0.25, -0.2) is 8.42 Å². The molecule has 1 aromatic rings. The molecular formula is C17H26N2O3S. The summed E-state index contributed by atoms with van der Waals surface area (Å²) in [5.74, 6) is -0.858. The van der Waals surface area contributed by atoms with Crippen LogP contribution < -0.4 is 10.2 Å². The van der Waals surface area contributed by atoms with E-state index < -0.39 is 21.5 Å². The van der Waals surface area contributed by atoms with Crippen molar-refractivity contribution in [2.75, 3.05) is 34.8 Å². The van der Waals surface area contributed by atoms with Crippen LogP contribution in [0.15, 0.2) is 18.2 Å². The summed E-state index contributed by atoms with van der Waals surface area (Å²) in [6, 6.07) is 5.84. The Balaban J connectivity index is 2.03. The van der Waals surface area contributed by atoms with Crippen molar-refractivity contribution in [3.63, 3.8) is 0 Å². The van der Waals surface area contributed by atoms with Gasteiger partial charge in [0.25, 0.3) is 0 Å². The first-order valence-corrected chi connectivity index (χ1v) is 10.2. The number of amides is 1. The predicted molar refractivity (Wildman–Crippen MR) is 94.8 cm³/mol. The number of nitrogens with zero attached hydrogens (tertiary/aromatic N) is 1. The molecule has 0 saturated carbocycles. The number of hydrogen-bond acceptors (Lipinski definition) is 4. The number of benzene rings is 1. The standard InChI is InChI=1S/C17H26N2O3S/c1-3-5-9-19-10-8-14-6-7-15(12-16(14)19)18-17(20)13-23(21,22)11-4-2/h6-7,12H,3-5,8-11,13H2,1-2H3,(H,18,20). The van der Waals surface area contributed by atoms with Crippen LogP contribution in [0.2, 0.25) is 0 Å². The molecule has 0 bridgehead atoms. The van der Waals surface area contributed by atoms with E-state index in [0.29, 0.717) is 12.1 Å². The molecular weight excluding hydrogens is 312 g/mol. The highest BCUT2D eigenvalue weighted by Crippen LogP contribution is 2.31. The minimum Gasteiger partial charge on any atom is -0.371 e. The van der Waals surface area contributed by atoms with Gasteiger partial charge in [0.1, 0.15) is 5.75 Å². The Hall–Kier alpha value is -1.56. The van der Waals surface area contributed by atoms with Gasteiger partial charge in [-0.15, -0.1) is 0 Å². The summed E-state index contributed by atoms with van der Waals surface area (Å²) in [7, 11) is -3.31. The second-order valence-electron chi connectivity index (χ2n) is 6.07. The Morgan fingerprint density at radius 3 is 2.74 bits per heavy atom. The fourth-order valence-electron chi connectivity index (χ4n) is 2.88. The maximum atomic E-state index is 12.0. The number of nitrogens with one attached hydrogen (secondary N) is 1. The van der Waals surface area contributed by atoms with Crippen LogP contribution in [0.5, 0.6) is 0 Å². The highest BCUT2D eigenvalue weighted by atomic mass is 32.2. The Morgan fingerprint density at radius 2 is 2.04 bits per heavy atom. The third-order valence-electron chi connectivity index (χ3n) is 4.01. The highest BCUT2D eigenvalue weighted by molar-refractivity contribution is 7.92. The van der Waals surface area contributed by atoms with Gasteiger partial charge in [0.15, 0.2) is 9.84 Å². The molecule has 5 nitrogen and oxygen atoms in total. The zero-order valence-corrected chi connectivity index (χ0v) is 14.8. The summed E-state index contributed by atoms with van der Waals surface area (Å²) < 4.78 is 23.4. The van der Waals surface area contributed by atoms with Crippen molar-refractivity contribution in [1.29, 1.82) is 0 Å². The van der Waals surface area contributed by atoms with Crippen LogP contribution in [0.1, 0.15) is 38.7 Å². The Bertz CT molecular complexity index is 656. The molecule has 0 unspecified atom stereocenters. The van der Waals surface area contributed by atoms with Gasteiger partial charge in [-0.3, -0.25) is 4.79 Å². The molecule has 1 heterocycles. The van der Waals surface area contributed by atoms with Crippen LogP contribution in [-0.2, 0) is 21.1 Å². The first kappa shape index (κ1) is 17.8. The molecule has 0 radical (unpaired) electrons. The molecule has 0 aliphatic carbocycles. The largest absolute Gasteiger partial charge is 0.371 e. The van der Waals surface area contributed by atoms with Crippen LogP contribution in [0, 0.1) is 0 Å². The number of rotatable bonds is 8. The Morgan fingerprint density at radius 1 is 1.26 bits per heavy atom. The second-order valence-corrected chi connectivity index (χ2v) is 8.26. The van der Waals surface area contributed by atoms with Crippen molar-refractivity contribution in [2.45, 2.75) is 39.5 Å². The lowest BCUT2D eigenvalue weighted by Gasteiger charge is -2.19. The van der Waals surface area contributed by atoms with Gasteiger partial charge >= 0.3 is 0 Å². The van der Waals surface area contributed by atoms with Crippen molar-refractivity contribution in [2.24, 2.45) is 0 Å². The summed E-state index contributed by atoms with van der Waals surface area (Å²) in [6.45, 7) is 5.99. The van der Waals surface area contributed by atoms with Gasteiger partial charge in [0.05, 0.1) is 5.75 Å². The minimum atomic E-state index is -3.31. The minimum absolute atomic E-state index is 0.0510. The van der Waals surface area contributed by atoms with Gasteiger partial charge in [0, 0.05) is 24.5 Å². The predicted octanol–water partition coefficient (Wildman–Crippen LogP) is 2.61. The fraction of sp³-hybridized carbons (Fsp3) is 0.588. The fourth-order valence-corrected chi connectivity index (χ4v) is 4.12. The number of carbonyl (C=O) groups excluding carboxylic acids is 1.